The minimum absolute atomic E-state index is 0.0282. The zero-order valence-electron chi connectivity index (χ0n) is 11.4. The van der Waals surface area contributed by atoms with Crippen LogP contribution in [0.1, 0.15) is 19.7 Å². The molecule has 2 N–H and O–H groups in total. The van der Waals surface area contributed by atoms with Crippen molar-refractivity contribution in [1.82, 2.24) is 15.3 Å². The van der Waals surface area contributed by atoms with Gasteiger partial charge in [-0.2, -0.15) is 0 Å². The molecule has 0 radical (unpaired) electrons. The van der Waals surface area contributed by atoms with Gasteiger partial charge in [0.25, 0.3) is 0 Å². The molecule has 0 saturated heterocycles. The summed E-state index contributed by atoms with van der Waals surface area (Å²) < 4.78 is 0. The lowest BCUT2D eigenvalue weighted by Gasteiger charge is -2.21. The monoisotopic (exact) mass is 251 g/mol. The number of nitrogens with one attached hydrogen (secondary N) is 2. The molecule has 0 aliphatic carbocycles. The van der Waals surface area contributed by atoms with Crippen molar-refractivity contribution in [2.75, 3.05) is 37.4 Å². The van der Waals surface area contributed by atoms with Crippen molar-refractivity contribution in [3.05, 3.63) is 11.9 Å². The number of anilines is 2. The summed E-state index contributed by atoms with van der Waals surface area (Å²) in [6, 6.07) is 1.85. The molecule has 0 bridgehead atoms. The molecule has 1 aromatic heterocycles. The second-order valence-electron chi connectivity index (χ2n) is 3.82. The SMILES string of the molecule is CCc1nc(NC)cc(N(CC)CC(=O)NC)n1. The Bertz CT molecular complexity index is 385. The second-order valence-corrected chi connectivity index (χ2v) is 3.82. The summed E-state index contributed by atoms with van der Waals surface area (Å²) in [5.74, 6) is 2.29. The van der Waals surface area contributed by atoms with Crippen LogP contribution in [0.3, 0.4) is 0 Å². The number of carbonyl (C=O) groups is 1. The van der Waals surface area contributed by atoms with Crippen molar-refractivity contribution in [2.24, 2.45) is 0 Å². The van der Waals surface area contributed by atoms with Gasteiger partial charge in [-0.3, -0.25) is 4.79 Å². The number of aromatic nitrogens is 2. The highest BCUT2D eigenvalue weighted by atomic mass is 16.1. The van der Waals surface area contributed by atoms with Crippen molar-refractivity contribution in [2.45, 2.75) is 20.3 Å². The lowest BCUT2D eigenvalue weighted by Crippen LogP contribution is -2.36. The molecule has 1 heterocycles. The molecular formula is C12H21N5O. The van der Waals surface area contributed by atoms with E-state index in [4.69, 9.17) is 0 Å². The second kappa shape index (κ2) is 6.78. The Morgan fingerprint density at radius 1 is 1.33 bits per heavy atom. The molecule has 6 nitrogen and oxygen atoms in total. The first-order chi connectivity index (χ1) is 8.64. The minimum Gasteiger partial charge on any atom is -0.373 e. The lowest BCUT2D eigenvalue weighted by atomic mass is 10.3. The molecule has 100 valence electrons. The Hall–Kier alpha value is -1.85. The average molecular weight is 251 g/mol. The Balaban J connectivity index is 3.00. The standard InChI is InChI=1S/C12H21N5O/c1-5-9-15-10(13-3)7-11(16-9)17(6-2)8-12(18)14-4/h7H,5-6,8H2,1-4H3,(H,14,18)(H,13,15,16). The number of carbonyl (C=O) groups excluding carboxylic acids is 1. The smallest absolute Gasteiger partial charge is 0.239 e. The summed E-state index contributed by atoms with van der Waals surface area (Å²) in [7, 11) is 3.45. The number of hydrogen-bond acceptors (Lipinski definition) is 5. The van der Waals surface area contributed by atoms with Gasteiger partial charge in [0.1, 0.15) is 17.5 Å². The average Bonchev–Trinajstić information content (AvgIpc) is 2.43. The summed E-state index contributed by atoms with van der Waals surface area (Å²) in [5.41, 5.74) is 0. The molecule has 1 amide bonds. The summed E-state index contributed by atoms with van der Waals surface area (Å²) in [6.07, 6.45) is 0.764. The lowest BCUT2D eigenvalue weighted by molar-refractivity contribution is -0.119. The molecule has 1 rings (SSSR count). The van der Waals surface area contributed by atoms with E-state index in [1.807, 2.05) is 31.9 Å². The van der Waals surface area contributed by atoms with Crippen LogP contribution in [0, 0.1) is 0 Å². The van der Waals surface area contributed by atoms with Crippen LogP contribution < -0.4 is 15.5 Å². The first-order valence-corrected chi connectivity index (χ1v) is 6.15. The fourth-order valence-corrected chi connectivity index (χ4v) is 1.54. The topological polar surface area (TPSA) is 70.2 Å². The molecule has 1 aromatic rings. The van der Waals surface area contributed by atoms with E-state index in [0.29, 0.717) is 6.54 Å². The van der Waals surface area contributed by atoms with E-state index in [0.717, 1.165) is 30.4 Å². The Labute approximate surface area is 108 Å². The van der Waals surface area contributed by atoms with Gasteiger partial charge in [0.15, 0.2) is 0 Å². The van der Waals surface area contributed by atoms with Crippen molar-refractivity contribution in [3.63, 3.8) is 0 Å². The number of aryl methyl sites for hydroxylation is 1. The van der Waals surface area contributed by atoms with Crippen LogP contribution in [0.2, 0.25) is 0 Å². The highest BCUT2D eigenvalue weighted by molar-refractivity contribution is 5.80. The summed E-state index contributed by atoms with van der Waals surface area (Å²) >= 11 is 0. The van der Waals surface area contributed by atoms with Crippen LogP contribution in [0.25, 0.3) is 0 Å². The third-order valence-electron chi connectivity index (χ3n) is 2.65. The van der Waals surface area contributed by atoms with Gasteiger partial charge < -0.3 is 15.5 Å². The summed E-state index contributed by atoms with van der Waals surface area (Å²) in [6.45, 7) is 5.02. The number of likely N-dealkylation sites (N-methyl/N-ethyl adjacent to an activating group) is 2. The van der Waals surface area contributed by atoms with Gasteiger partial charge in [0.05, 0.1) is 6.54 Å². The van der Waals surface area contributed by atoms with Gasteiger partial charge in [-0.15, -0.1) is 0 Å². The molecule has 0 atom stereocenters. The third kappa shape index (κ3) is 3.58. The third-order valence-corrected chi connectivity index (χ3v) is 2.65. The summed E-state index contributed by atoms with van der Waals surface area (Å²) in [5, 5.41) is 5.63. The van der Waals surface area contributed by atoms with Crippen LogP contribution in [0.15, 0.2) is 6.07 Å². The van der Waals surface area contributed by atoms with E-state index in [-0.39, 0.29) is 5.91 Å². The summed E-state index contributed by atoms with van der Waals surface area (Å²) in [4.78, 5) is 22.2. The molecule has 0 fully saturated rings. The minimum atomic E-state index is -0.0282. The molecule has 0 unspecified atom stereocenters. The largest absolute Gasteiger partial charge is 0.373 e. The van der Waals surface area contributed by atoms with E-state index in [1.54, 1.807) is 7.05 Å². The predicted molar refractivity (Wildman–Crippen MR) is 72.9 cm³/mol. The van der Waals surface area contributed by atoms with Crippen LogP contribution in [-0.4, -0.2) is 43.1 Å². The normalized spacial score (nSPS) is 10.0. The zero-order valence-corrected chi connectivity index (χ0v) is 11.4. The maximum atomic E-state index is 11.5. The number of rotatable bonds is 6. The fourth-order valence-electron chi connectivity index (χ4n) is 1.54. The van der Waals surface area contributed by atoms with Crippen LogP contribution in [0.4, 0.5) is 11.6 Å². The maximum Gasteiger partial charge on any atom is 0.239 e. The molecule has 6 heteroatoms. The molecule has 0 aromatic carbocycles. The van der Waals surface area contributed by atoms with E-state index < -0.39 is 0 Å². The van der Waals surface area contributed by atoms with Crippen LogP contribution in [-0.2, 0) is 11.2 Å². The van der Waals surface area contributed by atoms with Gasteiger partial charge in [-0.05, 0) is 6.92 Å². The van der Waals surface area contributed by atoms with Gasteiger partial charge in [-0.1, -0.05) is 6.92 Å². The Morgan fingerprint density at radius 2 is 2.06 bits per heavy atom. The predicted octanol–water partition coefficient (Wildman–Crippen LogP) is 0.653. The first-order valence-electron chi connectivity index (χ1n) is 6.15. The van der Waals surface area contributed by atoms with E-state index in [2.05, 4.69) is 20.6 Å². The fraction of sp³-hybridized carbons (Fsp3) is 0.583. The van der Waals surface area contributed by atoms with Gasteiger partial charge in [-0.25, -0.2) is 9.97 Å². The number of hydrogen-bond donors (Lipinski definition) is 2. The molecule has 0 spiro atoms. The quantitative estimate of drug-likeness (QED) is 0.777. The van der Waals surface area contributed by atoms with Crippen molar-refractivity contribution in [3.8, 4) is 0 Å². The number of nitrogens with zero attached hydrogens (tertiary/aromatic N) is 3. The van der Waals surface area contributed by atoms with E-state index >= 15 is 0 Å². The van der Waals surface area contributed by atoms with Crippen molar-refractivity contribution in [1.29, 1.82) is 0 Å². The van der Waals surface area contributed by atoms with Crippen molar-refractivity contribution < 1.29 is 4.79 Å². The first kappa shape index (κ1) is 14.2. The molecule has 0 saturated carbocycles. The van der Waals surface area contributed by atoms with Gasteiger partial charge in [0.2, 0.25) is 5.91 Å². The number of amides is 1. The molecule has 0 aliphatic heterocycles. The Morgan fingerprint density at radius 3 is 2.56 bits per heavy atom. The zero-order chi connectivity index (χ0) is 13.5. The van der Waals surface area contributed by atoms with Crippen LogP contribution >= 0.6 is 0 Å². The molecule has 18 heavy (non-hydrogen) atoms. The molecular weight excluding hydrogens is 230 g/mol. The van der Waals surface area contributed by atoms with Crippen molar-refractivity contribution >= 4 is 17.5 Å². The highest BCUT2D eigenvalue weighted by Crippen LogP contribution is 2.15. The van der Waals surface area contributed by atoms with Gasteiger partial charge in [0, 0.05) is 33.1 Å². The van der Waals surface area contributed by atoms with Crippen LogP contribution in [0.5, 0.6) is 0 Å². The van der Waals surface area contributed by atoms with E-state index in [9.17, 15) is 4.79 Å². The highest BCUT2D eigenvalue weighted by Gasteiger charge is 2.12. The Kier molecular flexibility index (Phi) is 5.35. The van der Waals surface area contributed by atoms with Gasteiger partial charge >= 0.3 is 0 Å². The molecule has 0 aliphatic rings. The van der Waals surface area contributed by atoms with E-state index in [1.165, 1.54) is 0 Å². The maximum absolute atomic E-state index is 11.5.